The Balaban J connectivity index is 1.61. The van der Waals surface area contributed by atoms with Crippen LogP contribution in [0, 0.1) is 5.82 Å². The zero-order chi connectivity index (χ0) is 12.1. The van der Waals surface area contributed by atoms with Crippen LogP contribution in [-0.4, -0.2) is 37.2 Å². The molecular formula is C13H19FN2O. The first-order chi connectivity index (χ1) is 8.24. The Hall–Kier alpha value is -1.13. The van der Waals surface area contributed by atoms with Crippen LogP contribution in [0.3, 0.4) is 0 Å². The van der Waals surface area contributed by atoms with Crippen LogP contribution in [0.4, 0.5) is 4.39 Å². The van der Waals surface area contributed by atoms with Gasteiger partial charge in [-0.3, -0.25) is 0 Å². The van der Waals surface area contributed by atoms with Gasteiger partial charge in [0, 0.05) is 19.1 Å². The molecule has 1 aromatic rings. The highest BCUT2D eigenvalue weighted by Crippen LogP contribution is 2.12. The first-order valence-electron chi connectivity index (χ1n) is 6.10. The van der Waals surface area contributed by atoms with Gasteiger partial charge in [-0.25, -0.2) is 4.39 Å². The van der Waals surface area contributed by atoms with E-state index in [1.54, 1.807) is 12.1 Å². The molecule has 2 N–H and O–H groups in total. The number of rotatable bonds is 5. The van der Waals surface area contributed by atoms with E-state index in [4.69, 9.17) is 10.5 Å². The monoisotopic (exact) mass is 238 g/mol. The van der Waals surface area contributed by atoms with E-state index in [0.29, 0.717) is 12.6 Å². The molecule has 1 saturated heterocycles. The summed E-state index contributed by atoms with van der Waals surface area (Å²) >= 11 is 0. The molecule has 0 bridgehead atoms. The smallest absolute Gasteiger partial charge is 0.123 e. The fraction of sp³-hybridized carbons (Fsp3) is 0.538. The molecule has 1 atom stereocenters. The summed E-state index contributed by atoms with van der Waals surface area (Å²) in [6.45, 7) is 3.78. The fourth-order valence-corrected chi connectivity index (χ4v) is 2.07. The summed E-state index contributed by atoms with van der Waals surface area (Å²) in [6, 6.07) is 6.47. The molecule has 1 heterocycles. The van der Waals surface area contributed by atoms with Crippen LogP contribution in [0.2, 0.25) is 0 Å². The van der Waals surface area contributed by atoms with Gasteiger partial charge in [-0.2, -0.15) is 0 Å². The Labute approximate surface area is 101 Å². The quantitative estimate of drug-likeness (QED) is 0.792. The number of hydrogen-bond acceptors (Lipinski definition) is 3. The first kappa shape index (κ1) is 12.3. The zero-order valence-electron chi connectivity index (χ0n) is 9.94. The Kier molecular flexibility index (Phi) is 4.34. The Morgan fingerprint density at radius 3 is 2.76 bits per heavy atom. The van der Waals surface area contributed by atoms with Crippen LogP contribution in [0.25, 0.3) is 0 Å². The lowest BCUT2D eigenvalue weighted by atomic mass is 10.3. The van der Waals surface area contributed by atoms with Crippen molar-refractivity contribution in [1.29, 1.82) is 0 Å². The SMILES string of the molecule is N[C@@H]1CCN(CCCOc2ccc(F)cc2)C1. The van der Waals surface area contributed by atoms with Crippen molar-refractivity contribution in [2.75, 3.05) is 26.2 Å². The molecule has 0 aromatic heterocycles. The minimum Gasteiger partial charge on any atom is -0.494 e. The van der Waals surface area contributed by atoms with Crippen molar-refractivity contribution in [3.63, 3.8) is 0 Å². The van der Waals surface area contributed by atoms with Crippen molar-refractivity contribution in [1.82, 2.24) is 4.90 Å². The minimum absolute atomic E-state index is 0.233. The molecule has 1 aliphatic rings. The van der Waals surface area contributed by atoms with Crippen molar-refractivity contribution >= 4 is 0 Å². The van der Waals surface area contributed by atoms with E-state index in [-0.39, 0.29) is 5.82 Å². The molecule has 3 nitrogen and oxygen atoms in total. The van der Waals surface area contributed by atoms with Crippen molar-refractivity contribution in [3.8, 4) is 5.75 Å². The van der Waals surface area contributed by atoms with Gasteiger partial charge >= 0.3 is 0 Å². The maximum Gasteiger partial charge on any atom is 0.123 e. The molecule has 94 valence electrons. The Morgan fingerprint density at radius 2 is 2.12 bits per heavy atom. The number of ether oxygens (including phenoxy) is 1. The van der Waals surface area contributed by atoms with E-state index in [1.165, 1.54) is 12.1 Å². The third kappa shape index (κ3) is 3.98. The predicted octanol–water partition coefficient (Wildman–Crippen LogP) is 1.63. The van der Waals surface area contributed by atoms with Gasteiger partial charge in [0.1, 0.15) is 11.6 Å². The maximum atomic E-state index is 12.6. The lowest BCUT2D eigenvalue weighted by Gasteiger charge is -2.14. The summed E-state index contributed by atoms with van der Waals surface area (Å²) < 4.78 is 18.2. The maximum absolute atomic E-state index is 12.6. The van der Waals surface area contributed by atoms with Crippen LogP contribution in [0.5, 0.6) is 5.75 Å². The molecule has 1 aromatic carbocycles. The van der Waals surface area contributed by atoms with Crippen molar-refractivity contribution in [3.05, 3.63) is 30.1 Å². The highest BCUT2D eigenvalue weighted by molar-refractivity contribution is 5.21. The van der Waals surface area contributed by atoms with E-state index in [2.05, 4.69) is 4.90 Å². The molecule has 0 aliphatic carbocycles. The summed E-state index contributed by atoms with van der Waals surface area (Å²) in [7, 11) is 0. The van der Waals surface area contributed by atoms with Gasteiger partial charge in [-0.05, 0) is 43.7 Å². The second-order valence-corrected chi connectivity index (χ2v) is 4.51. The van der Waals surface area contributed by atoms with Gasteiger partial charge in [0.25, 0.3) is 0 Å². The standard InChI is InChI=1S/C13H19FN2O/c14-11-2-4-13(5-3-11)17-9-1-7-16-8-6-12(15)10-16/h2-5,12H,1,6-10,15H2/t12-/m1/s1. The summed E-state index contributed by atoms with van der Waals surface area (Å²) in [5.74, 6) is 0.493. The Bertz CT molecular complexity index is 342. The van der Waals surface area contributed by atoms with Gasteiger partial charge in [0.2, 0.25) is 0 Å². The molecule has 0 radical (unpaired) electrons. The van der Waals surface area contributed by atoms with E-state index >= 15 is 0 Å². The number of benzene rings is 1. The molecule has 17 heavy (non-hydrogen) atoms. The second-order valence-electron chi connectivity index (χ2n) is 4.51. The van der Waals surface area contributed by atoms with Crippen molar-refractivity contribution in [2.45, 2.75) is 18.9 Å². The lowest BCUT2D eigenvalue weighted by molar-refractivity contribution is 0.261. The van der Waals surface area contributed by atoms with Crippen LogP contribution in [-0.2, 0) is 0 Å². The largest absolute Gasteiger partial charge is 0.494 e. The molecule has 0 amide bonds. The van der Waals surface area contributed by atoms with Gasteiger partial charge in [-0.15, -0.1) is 0 Å². The van der Waals surface area contributed by atoms with Crippen LogP contribution in [0.1, 0.15) is 12.8 Å². The topological polar surface area (TPSA) is 38.5 Å². The van der Waals surface area contributed by atoms with Crippen LogP contribution in [0.15, 0.2) is 24.3 Å². The lowest BCUT2D eigenvalue weighted by Crippen LogP contribution is -2.28. The van der Waals surface area contributed by atoms with Crippen LogP contribution >= 0.6 is 0 Å². The third-order valence-electron chi connectivity index (χ3n) is 3.01. The number of halogens is 1. The second kappa shape index (κ2) is 5.98. The van der Waals surface area contributed by atoms with Crippen LogP contribution < -0.4 is 10.5 Å². The fourth-order valence-electron chi connectivity index (χ4n) is 2.07. The van der Waals surface area contributed by atoms with Gasteiger partial charge < -0.3 is 15.4 Å². The predicted molar refractivity (Wildman–Crippen MR) is 65.5 cm³/mol. The number of hydrogen-bond donors (Lipinski definition) is 1. The molecule has 1 fully saturated rings. The first-order valence-corrected chi connectivity index (χ1v) is 6.10. The summed E-state index contributed by atoms with van der Waals surface area (Å²) in [4.78, 5) is 2.36. The molecule has 0 unspecified atom stereocenters. The van der Waals surface area contributed by atoms with E-state index in [0.717, 1.165) is 38.2 Å². The summed E-state index contributed by atoms with van der Waals surface area (Å²) in [5.41, 5.74) is 5.83. The highest BCUT2D eigenvalue weighted by atomic mass is 19.1. The molecule has 4 heteroatoms. The molecule has 2 rings (SSSR count). The molecule has 1 aliphatic heterocycles. The normalized spacial score (nSPS) is 20.7. The number of nitrogens with two attached hydrogens (primary N) is 1. The average molecular weight is 238 g/mol. The molecule has 0 saturated carbocycles. The number of nitrogens with zero attached hydrogens (tertiary/aromatic N) is 1. The van der Waals surface area contributed by atoms with E-state index in [9.17, 15) is 4.39 Å². The summed E-state index contributed by atoms with van der Waals surface area (Å²) in [6.07, 6.45) is 2.07. The molecular weight excluding hydrogens is 219 g/mol. The van der Waals surface area contributed by atoms with E-state index < -0.39 is 0 Å². The van der Waals surface area contributed by atoms with E-state index in [1.807, 2.05) is 0 Å². The number of likely N-dealkylation sites (tertiary alicyclic amines) is 1. The zero-order valence-corrected chi connectivity index (χ0v) is 9.94. The van der Waals surface area contributed by atoms with Crippen molar-refractivity contribution in [2.24, 2.45) is 5.73 Å². The third-order valence-corrected chi connectivity index (χ3v) is 3.01. The minimum atomic E-state index is -0.233. The average Bonchev–Trinajstić information content (AvgIpc) is 2.73. The highest BCUT2D eigenvalue weighted by Gasteiger charge is 2.17. The van der Waals surface area contributed by atoms with Gasteiger partial charge in [-0.1, -0.05) is 0 Å². The Morgan fingerprint density at radius 1 is 1.35 bits per heavy atom. The molecule has 0 spiro atoms. The van der Waals surface area contributed by atoms with Crippen molar-refractivity contribution < 1.29 is 9.13 Å². The van der Waals surface area contributed by atoms with Gasteiger partial charge in [0.05, 0.1) is 6.61 Å². The summed E-state index contributed by atoms with van der Waals surface area (Å²) in [5, 5.41) is 0. The van der Waals surface area contributed by atoms with Gasteiger partial charge in [0.15, 0.2) is 0 Å².